The third-order valence-corrected chi connectivity index (χ3v) is 5.16. The molecule has 0 saturated heterocycles. The van der Waals surface area contributed by atoms with E-state index in [0.29, 0.717) is 35.9 Å². The van der Waals surface area contributed by atoms with Crippen LogP contribution in [0.4, 0.5) is 0 Å². The predicted octanol–water partition coefficient (Wildman–Crippen LogP) is 2.70. The molecule has 27 heavy (non-hydrogen) atoms. The van der Waals surface area contributed by atoms with Gasteiger partial charge in [0.1, 0.15) is 5.75 Å². The van der Waals surface area contributed by atoms with Crippen molar-refractivity contribution in [2.75, 3.05) is 13.7 Å². The van der Waals surface area contributed by atoms with Crippen molar-refractivity contribution >= 4 is 15.9 Å². The molecule has 0 fully saturated rings. The van der Waals surface area contributed by atoms with Crippen molar-refractivity contribution in [1.82, 2.24) is 10.0 Å². The molecule has 2 aromatic carbocycles. The van der Waals surface area contributed by atoms with Gasteiger partial charge in [0.05, 0.1) is 12.4 Å². The minimum Gasteiger partial charge on any atom is -0.493 e. The SMILES string of the molecule is CNS(=O)(=O)Cc1ccc(CNC(=O)c2cccc(OCC(C)C)c2)cc1. The summed E-state index contributed by atoms with van der Waals surface area (Å²) >= 11 is 0. The van der Waals surface area contributed by atoms with Crippen molar-refractivity contribution in [3.05, 3.63) is 65.2 Å². The lowest BCUT2D eigenvalue weighted by molar-refractivity contribution is 0.0950. The third-order valence-electron chi connectivity index (χ3n) is 3.82. The molecule has 2 rings (SSSR count). The summed E-state index contributed by atoms with van der Waals surface area (Å²) in [5, 5.41) is 2.86. The van der Waals surface area contributed by atoms with E-state index in [0.717, 1.165) is 5.56 Å². The van der Waals surface area contributed by atoms with E-state index in [9.17, 15) is 13.2 Å². The standard InChI is InChI=1S/C20H26N2O4S/c1-15(2)13-26-19-6-4-5-18(11-19)20(23)22-12-16-7-9-17(10-8-16)14-27(24,25)21-3/h4-11,15,21H,12-14H2,1-3H3,(H,22,23). The number of amides is 1. The molecule has 0 aromatic heterocycles. The summed E-state index contributed by atoms with van der Waals surface area (Å²) in [6.07, 6.45) is 0. The van der Waals surface area contributed by atoms with E-state index in [1.807, 2.05) is 18.2 Å². The number of hydrogen-bond donors (Lipinski definition) is 2. The summed E-state index contributed by atoms with van der Waals surface area (Å²) in [5.74, 6) is 0.825. The molecule has 0 aliphatic carbocycles. The Labute approximate surface area is 161 Å². The smallest absolute Gasteiger partial charge is 0.251 e. The first-order chi connectivity index (χ1) is 12.8. The molecule has 2 aromatic rings. The van der Waals surface area contributed by atoms with Gasteiger partial charge in [-0.2, -0.15) is 0 Å². The molecule has 0 aliphatic heterocycles. The molecule has 7 heteroatoms. The molecule has 0 radical (unpaired) electrons. The minimum absolute atomic E-state index is 0.0701. The molecular formula is C20H26N2O4S. The zero-order valence-electron chi connectivity index (χ0n) is 15.9. The molecule has 0 bridgehead atoms. The highest BCUT2D eigenvalue weighted by molar-refractivity contribution is 7.88. The average Bonchev–Trinajstić information content (AvgIpc) is 2.65. The van der Waals surface area contributed by atoms with E-state index in [4.69, 9.17) is 4.74 Å². The van der Waals surface area contributed by atoms with Crippen molar-refractivity contribution in [1.29, 1.82) is 0 Å². The summed E-state index contributed by atoms with van der Waals surface area (Å²) in [6, 6.07) is 14.2. The average molecular weight is 391 g/mol. The van der Waals surface area contributed by atoms with Gasteiger partial charge in [-0.25, -0.2) is 13.1 Å². The van der Waals surface area contributed by atoms with Crippen molar-refractivity contribution in [2.45, 2.75) is 26.1 Å². The molecule has 0 unspecified atom stereocenters. The largest absolute Gasteiger partial charge is 0.493 e. The zero-order valence-corrected chi connectivity index (χ0v) is 16.7. The maximum absolute atomic E-state index is 12.3. The molecule has 0 saturated carbocycles. The Hall–Kier alpha value is -2.38. The van der Waals surface area contributed by atoms with Crippen LogP contribution in [0.1, 0.15) is 35.3 Å². The van der Waals surface area contributed by atoms with Crippen molar-refractivity contribution in [3.63, 3.8) is 0 Å². The third kappa shape index (κ3) is 7.03. The summed E-state index contributed by atoms with van der Waals surface area (Å²) in [7, 11) is -1.90. The van der Waals surface area contributed by atoms with Crippen LogP contribution in [0.25, 0.3) is 0 Å². The summed E-state index contributed by atoms with van der Waals surface area (Å²) in [4.78, 5) is 12.3. The molecule has 146 valence electrons. The van der Waals surface area contributed by atoms with Gasteiger partial charge in [-0.05, 0) is 42.3 Å². The minimum atomic E-state index is -3.29. The topological polar surface area (TPSA) is 84.5 Å². The van der Waals surface area contributed by atoms with Gasteiger partial charge in [0.25, 0.3) is 5.91 Å². The summed E-state index contributed by atoms with van der Waals surface area (Å²) in [6.45, 7) is 5.09. The van der Waals surface area contributed by atoms with Crippen LogP contribution in [0, 0.1) is 5.92 Å². The monoisotopic (exact) mass is 390 g/mol. The van der Waals surface area contributed by atoms with Crippen LogP contribution in [0.5, 0.6) is 5.75 Å². The lowest BCUT2D eigenvalue weighted by Crippen LogP contribution is -2.23. The highest BCUT2D eigenvalue weighted by Gasteiger charge is 2.09. The fourth-order valence-electron chi connectivity index (χ4n) is 2.32. The zero-order chi connectivity index (χ0) is 19.9. The number of sulfonamides is 1. The highest BCUT2D eigenvalue weighted by atomic mass is 32.2. The highest BCUT2D eigenvalue weighted by Crippen LogP contribution is 2.15. The van der Waals surface area contributed by atoms with Gasteiger partial charge in [-0.1, -0.05) is 44.2 Å². The fraction of sp³-hybridized carbons (Fsp3) is 0.350. The Kier molecular flexibility index (Phi) is 7.38. The van der Waals surface area contributed by atoms with Gasteiger partial charge >= 0.3 is 0 Å². The van der Waals surface area contributed by atoms with Crippen LogP contribution in [-0.2, 0) is 22.3 Å². The lowest BCUT2D eigenvalue weighted by Gasteiger charge is -2.10. The predicted molar refractivity (Wildman–Crippen MR) is 106 cm³/mol. The molecule has 2 N–H and O–H groups in total. The van der Waals surface area contributed by atoms with Gasteiger partial charge < -0.3 is 10.1 Å². The fourth-order valence-corrected chi connectivity index (χ4v) is 3.09. The molecule has 6 nitrogen and oxygen atoms in total. The molecule has 1 amide bonds. The second-order valence-corrected chi connectivity index (χ2v) is 8.62. The van der Waals surface area contributed by atoms with Gasteiger partial charge in [0.2, 0.25) is 10.0 Å². The van der Waals surface area contributed by atoms with E-state index >= 15 is 0 Å². The second-order valence-electron chi connectivity index (χ2n) is 6.70. The Balaban J connectivity index is 1.92. The maximum atomic E-state index is 12.3. The molecule has 0 aliphatic rings. The van der Waals surface area contributed by atoms with Crippen LogP contribution >= 0.6 is 0 Å². The van der Waals surface area contributed by atoms with Crippen molar-refractivity contribution in [3.8, 4) is 5.75 Å². The Bertz CT molecular complexity index is 862. The quantitative estimate of drug-likeness (QED) is 0.689. The first-order valence-electron chi connectivity index (χ1n) is 8.79. The Morgan fingerprint density at radius 3 is 2.37 bits per heavy atom. The van der Waals surface area contributed by atoms with Gasteiger partial charge in [-0.3, -0.25) is 4.79 Å². The van der Waals surface area contributed by atoms with Crippen LogP contribution in [0.3, 0.4) is 0 Å². The van der Waals surface area contributed by atoms with Crippen LogP contribution in [-0.4, -0.2) is 28.0 Å². The van der Waals surface area contributed by atoms with Crippen LogP contribution in [0.2, 0.25) is 0 Å². The van der Waals surface area contributed by atoms with Gasteiger partial charge in [0.15, 0.2) is 0 Å². The van der Waals surface area contributed by atoms with E-state index in [-0.39, 0.29) is 11.7 Å². The molecule has 0 spiro atoms. The number of rotatable bonds is 9. The van der Waals surface area contributed by atoms with Gasteiger partial charge in [0, 0.05) is 12.1 Å². The van der Waals surface area contributed by atoms with E-state index in [2.05, 4.69) is 23.9 Å². The van der Waals surface area contributed by atoms with E-state index in [1.165, 1.54) is 7.05 Å². The van der Waals surface area contributed by atoms with Crippen molar-refractivity contribution < 1.29 is 17.9 Å². The van der Waals surface area contributed by atoms with Crippen LogP contribution < -0.4 is 14.8 Å². The normalized spacial score (nSPS) is 11.4. The number of carbonyl (C=O) groups is 1. The lowest BCUT2D eigenvalue weighted by atomic mass is 10.1. The van der Waals surface area contributed by atoms with Crippen LogP contribution in [0.15, 0.2) is 48.5 Å². The maximum Gasteiger partial charge on any atom is 0.251 e. The molecule has 0 heterocycles. The van der Waals surface area contributed by atoms with E-state index < -0.39 is 10.0 Å². The first-order valence-corrected chi connectivity index (χ1v) is 10.4. The molecular weight excluding hydrogens is 364 g/mol. The number of ether oxygens (including phenoxy) is 1. The number of nitrogens with one attached hydrogen (secondary N) is 2. The number of hydrogen-bond acceptors (Lipinski definition) is 4. The Morgan fingerprint density at radius 2 is 1.74 bits per heavy atom. The Morgan fingerprint density at radius 1 is 1.07 bits per heavy atom. The number of benzene rings is 2. The first kappa shape index (κ1) is 20.9. The second kappa shape index (κ2) is 9.53. The molecule has 0 atom stereocenters. The summed E-state index contributed by atoms with van der Waals surface area (Å²) < 4.78 is 31.1. The van der Waals surface area contributed by atoms with E-state index in [1.54, 1.807) is 30.3 Å². The number of carbonyl (C=O) groups excluding carboxylic acids is 1. The van der Waals surface area contributed by atoms with Gasteiger partial charge in [-0.15, -0.1) is 0 Å². The van der Waals surface area contributed by atoms with Crippen molar-refractivity contribution in [2.24, 2.45) is 5.92 Å². The summed E-state index contributed by atoms with van der Waals surface area (Å²) in [5.41, 5.74) is 2.11.